The van der Waals surface area contributed by atoms with Crippen molar-refractivity contribution >= 4 is 50.7 Å². The minimum absolute atomic E-state index is 0.163. The summed E-state index contributed by atoms with van der Waals surface area (Å²) >= 11 is 0. The van der Waals surface area contributed by atoms with Gasteiger partial charge in [-0.25, -0.2) is 9.69 Å². The zero-order chi connectivity index (χ0) is 27.0. The van der Waals surface area contributed by atoms with Crippen LogP contribution < -0.4 is 5.32 Å². The quantitative estimate of drug-likeness (QED) is 0.176. The first-order valence-corrected chi connectivity index (χ1v) is 13.1. The van der Waals surface area contributed by atoms with E-state index in [-0.39, 0.29) is 16.7 Å². The van der Waals surface area contributed by atoms with Crippen molar-refractivity contribution in [1.29, 1.82) is 0 Å². The van der Waals surface area contributed by atoms with Gasteiger partial charge in [-0.15, -0.1) is 0 Å². The molecule has 2 aliphatic heterocycles. The van der Waals surface area contributed by atoms with E-state index >= 15 is 0 Å². The Morgan fingerprint density at radius 1 is 1.14 bits per heavy atom. The van der Waals surface area contributed by atoms with E-state index in [1.165, 1.54) is 19.1 Å². The molecule has 2 aromatic rings. The fourth-order valence-corrected chi connectivity index (χ4v) is 5.59. The Bertz CT molecular complexity index is 1300. The molecule has 4 amide bonds. The number of amides is 4. The first kappa shape index (κ1) is 26.4. The highest BCUT2D eigenvalue weighted by molar-refractivity contribution is 8.14. The van der Waals surface area contributed by atoms with Gasteiger partial charge < -0.3 is 14.6 Å². The van der Waals surface area contributed by atoms with Gasteiger partial charge in [-0.3, -0.25) is 24.1 Å². The summed E-state index contributed by atoms with van der Waals surface area (Å²) < 4.78 is 17.6. The lowest BCUT2D eigenvalue weighted by molar-refractivity contribution is -0.163. The molecule has 10 nitrogen and oxygen atoms in total. The molecular weight excluding hydrogens is 522 g/mol. The van der Waals surface area contributed by atoms with Crippen molar-refractivity contribution in [2.75, 3.05) is 6.73 Å². The van der Waals surface area contributed by atoms with Crippen molar-refractivity contribution in [1.82, 2.24) is 15.1 Å². The normalized spacial score (nSPS) is 20.2. The van der Waals surface area contributed by atoms with E-state index in [0.717, 1.165) is 15.4 Å². The molecule has 4 atom stereocenters. The highest BCUT2D eigenvalue weighted by atomic mass is 35.7. The van der Waals surface area contributed by atoms with Crippen LogP contribution in [-0.2, 0) is 24.7 Å². The van der Waals surface area contributed by atoms with Crippen LogP contribution >= 0.6 is 10.7 Å². The van der Waals surface area contributed by atoms with Gasteiger partial charge >= 0.3 is 5.97 Å². The predicted octanol–water partition coefficient (Wildman–Crippen LogP) is 1.91. The molecule has 0 spiro atoms. The van der Waals surface area contributed by atoms with E-state index in [9.17, 15) is 28.5 Å². The first-order chi connectivity index (χ1) is 17.5. The molecule has 0 aliphatic carbocycles. The van der Waals surface area contributed by atoms with Gasteiger partial charge in [0.05, 0.1) is 21.5 Å². The standard InChI is InChI=1S/C25H22ClN3O7S/c1-13(2)19(25(34)36-12-28-21(31)16-9-4-5-10-17(16)22(28)32)29-23(33)18(24(29)37(26)35)27-20(30)15-8-6-7-14(3)11-15/h4-11,18-19,24H,1,12H2,2-3H3,(H,27,30). The number of aryl methyl sites for hydroxylation is 1. The van der Waals surface area contributed by atoms with Crippen LogP contribution in [0.25, 0.3) is 0 Å². The number of imide groups is 1. The zero-order valence-corrected chi connectivity index (χ0v) is 21.4. The van der Waals surface area contributed by atoms with E-state index in [0.29, 0.717) is 5.56 Å². The number of benzene rings is 2. The number of ether oxygens (including phenoxy) is 1. The third-order valence-corrected chi connectivity index (χ3v) is 7.45. The lowest BCUT2D eigenvalue weighted by Crippen LogP contribution is -2.75. The molecule has 2 heterocycles. The number of nitrogens with one attached hydrogen (secondary N) is 1. The van der Waals surface area contributed by atoms with Gasteiger partial charge in [0.1, 0.15) is 0 Å². The Morgan fingerprint density at radius 2 is 1.76 bits per heavy atom. The molecule has 1 N–H and O–H groups in total. The fourth-order valence-electron chi connectivity index (χ4n) is 4.22. The summed E-state index contributed by atoms with van der Waals surface area (Å²) in [5, 5.41) is 1.26. The first-order valence-electron chi connectivity index (χ1n) is 11.1. The van der Waals surface area contributed by atoms with Crippen LogP contribution in [0.4, 0.5) is 0 Å². The largest absolute Gasteiger partial charge is 0.597 e. The number of β-lactam (4-membered cyclic amide) rings is 1. The van der Waals surface area contributed by atoms with Crippen LogP contribution in [0.5, 0.6) is 0 Å². The molecule has 2 aromatic carbocycles. The highest BCUT2D eigenvalue weighted by Crippen LogP contribution is 2.33. The highest BCUT2D eigenvalue weighted by Gasteiger charge is 2.60. The van der Waals surface area contributed by atoms with E-state index in [1.807, 2.05) is 0 Å². The van der Waals surface area contributed by atoms with Crippen LogP contribution in [0, 0.1) is 6.92 Å². The topological polar surface area (TPSA) is 136 Å². The number of rotatable bonds is 8. The second kappa shape index (κ2) is 10.4. The smallest absolute Gasteiger partial charge is 0.335 e. The van der Waals surface area contributed by atoms with Crippen LogP contribution in [0.3, 0.4) is 0 Å². The molecular formula is C25H22ClN3O7S. The third-order valence-electron chi connectivity index (χ3n) is 6.02. The predicted molar refractivity (Wildman–Crippen MR) is 134 cm³/mol. The fraction of sp³-hybridized carbons (Fsp3) is 0.240. The summed E-state index contributed by atoms with van der Waals surface area (Å²) in [4.78, 5) is 65.5. The average Bonchev–Trinajstić information content (AvgIpc) is 3.10. The lowest BCUT2D eigenvalue weighted by atomic mass is 9.99. The summed E-state index contributed by atoms with van der Waals surface area (Å²) in [5.74, 6) is -3.55. The van der Waals surface area contributed by atoms with E-state index in [1.54, 1.807) is 43.3 Å². The van der Waals surface area contributed by atoms with Crippen molar-refractivity contribution < 1.29 is 33.3 Å². The number of carbonyl (C=O) groups excluding carboxylic acids is 5. The number of likely N-dealkylation sites (tertiary alicyclic amines) is 1. The Balaban J connectivity index is 1.47. The van der Waals surface area contributed by atoms with Gasteiger partial charge in [0.15, 0.2) is 29.5 Å². The Morgan fingerprint density at radius 3 is 2.30 bits per heavy atom. The van der Waals surface area contributed by atoms with Crippen molar-refractivity contribution in [3.8, 4) is 0 Å². The zero-order valence-electron chi connectivity index (χ0n) is 19.8. The minimum Gasteiger partial charge on any atom is -0.597 e. The number of fused-ring (bicyclic) bond motifs is 1. The molecule has 12 heteroatoms. The van der Waals surface area contributed by atoms with Crippen molar-refractivity contribution in [2.45, 2.75) is 31.3 Å². The number of halogens is 1. The van der Waals surface area contributed by atoms with Crippen molar-refractivity contribution in [3.63, 3.8) is 0 Å². The van der Waals surface area contributed by atoms with Crippen molar-refractivity contribution in [2.24, 2.45) is 0 Å². The number of hydrogen-bond donors (Lipinski definition) is 1. The van der Waals surface area contributed by atoms with Crippen LogP contribution in [0.2, 0.25) is 0 Å². The molecule has 0 radical (unpaired) electrons. The van der Waals surface area contributed by atoms with Crippen LogP contribution in [0.15, 0.2) is 60.7 Å². The minimum atomic E-state index is -2.18. The molecule has 0 aromatic heterocycles. The molecule has 2 aliphatic rings. The van der Waals surface area contributed by atoms with Gasteiger partial charge in [-0.05, 0) is 43.7 Å². The Hall–Kier alpha value is -3.67. The lowest BCUT2D eigenvalue weighted by Gasteiger charge is -2.47. The van der Waals surface area contributed by atoms with Gasteiger partial charge in [0, 0.05) is 5.56 Å². The molecule has 192 valence electrons. The maximum absolute atomic E-state index is 13.0. The summed E-state index contributed by atoms with van der Waals surface area (Å²) in [6, 6.07) is 10.2. The average molecular weight is 544 g/mol. The number of carbonyl (C=O) groups is 5. The monoisotopic (exact) mass is 543 g/mol. The summed E-state index contributed by atoms with van der Waals surface area (Å²) in [6.45, 7) is 6.28. The SMILES string of the molecule is C=C(C)C(C(=O)OCN1C(=O)c2ccccc2C1=O)N1C(=O)C(NC(=O)c2cccc(C)c2)C1[S+]([O-])Cl. The molecule has 1 fully saturated rings. The van der Waals surface area contributed by atoms with Crippen molar-refractivity contribution in [3.05, 3.63) is 82.9 Å². The van der Waals surface area contributed by atoms with Crippen LogP contribution in [0.1, 0.15) is 43.6 Å². The molecule has 37 heavy (non-hydrogen) atoms. The Kier molecular flexibility index (Phi) is 7.39. The molecule has 4 unspecified atom stereocenters. The summed E-state index contributed by atoms with van der Waals surface area (Å²) in [6.07, 6.45) is 0. The van der Waals surface area contributed by atoms with Gasteiger partial charge in [-0.2, -0.15) is 0 Å². The second-order valence-electron chi connectivity index (χ2n) is 8.63. The number of nitrogens with zero attached hydrogens (tertiary/aromatic N) is 2. The maximum Gasteiger partial charge on any atom is 0.335 e. The number of hydrogen-bond acceptors (Lipinski definition) is 7. The van der Waals surface area contributed by atoms with Gasteiger partial charge in [0.25, 0.3) is 23.6 Å². The number of esters is 1. The van der Waals surface area contributed by atoms with E-state index in [2.05, 4.69) is 11.9 Å². The van der Waals surface area contributed by atoms with E-state index in [4.69, 9.17) is 15.4 Å². The third kappa shape index (κ3) is 4.85. The summed E-state index contributed by atoms with van der Waals surface area (Å²) in [5.41, 5.74) is 1.65. The summed E-state index contributed by atoms with van der Waals surface area (Å²) in [7, 11) is 3.68. The molecule has 0 saturated carbocycles. The molecule has 4 rings (SSSR count). The molecule has 1 saturated heterocycles. The maximum atomic E-state index is 13.0. The Labute approximate surface area is 219 Å². The molecule has 0 bridgehead atoms. The van der Waals surface area contributed by atoms with E-state index < -0.39 is 64.2 Å². The van der Waals surface area contributed by atoms with Gasteiger partial charge in [-0.1, -0.05) is 36.4 Å². The van der Waals surface area contributed by atoms with Gasteiger partial charge in [0.2, 0.25) is 5.37 Å². The second-order valence-corrected chi connectivity index (χ2v) is 10.5. The van der Waals surface area contributed by atoms with Crippen LogP contribution in [-0.4, -0.2) is 68.1 Å².